The van der Waals surface area contributed by atoms with E-state index in [1.807, 2.05) is 25.1 Å². The molecule has 4 nitrogen and oxygen atoms in total. The summed E-state index contributed by atoms with van der Waals surface area (Å²) in [6.45, 7) is 3.96. The third kappa shape index (κ3) is 3.98. The topological polar surface area (TPSA) is 37.6 Å². The van der Waals surface area contributed by atoms with Gasteiger partial charge in [0.05, 0.1) is 5.57 Å². The van der Waals surface area contributed by atoms with Gasteiger partial charge in [-0.3, -0.25) is 0 Å². The number of allylic oxidation sites excluding steroid dienone is 2. The maximum Gasteiger partial charge on any atom is 0.417 e. The van der Waals surface area contributed by atoms with Gasteiger partial charge in [0, 0.05) is 30.7 Å². The molecule has 7 heteroatoms. The smallest absolute Gasteiger partial charge is 0.417 e. The van der Waals surface area contributed by atoms with Crippen molar-refractivity contribution in [1.29, 1.82) is 0 Å². The lowest BCUT2D eigenvalue weighted by molar-refractivity contribution is -0.0899. The predicted octanol–water partition coefficient (Wildman–Crippen LogP) is 4.17. The standard InChI is InChI=1S/C20H21F3N2O2/c1-13-6-15-8-18(2-3-19(15)27-13)26-12-14-7-16(20(21,22)23)11-25(10-14)17-4-5-24-9-17/h2-3,6-8,11,17,24H,4-5,9-10,12H2,1H3/t17-/m0/s1. The molecule has 0 amide bonds. The fraction of sp³-hybridized carbons (Fsp3) is 0.400. The Morgan fingerprint density at radius 2 is 2.15 bits per heavy atom. The van der Waals surface area contributed by atoms with Crippen LogP contribution >= 0.6 is 0 Å². The van der Waals surface area contributed by atoms with Gasteiger partial charge in [-0.1, -0.05) is 0 Å². The summed E-state index contributed by atoms with van der Waals surface area (Å²) in [4.78, 5) is 1.78. The largest absolute Gasteiger partial charge is 0.489 e. The van der Waals surface area contributed by atoms with E-state index in [1.54, 1.807) is 11.0 Å². The number of furan rings is 1. The summed E-state index contributed by atoms with van der Waals surface area (Å²) in [6.07, 6.45) is -1.09. The van der Waals surface area contributed by atoms with E-state index in [4.69, 9.17) is 9.15 Å². The molecule has 0 unspecified atom stereocenters. The number of nitrogens with zero attached hydrogens (tertiary/aromatic N) is 1. The first-order chi connectivity index (χ1) is 12.9. The van der Waals surface area contributed by atoms with Crippen molar-refractivity contribution in [2.24, 2.45) is 0 Å². The molecule has 27 heavy (non-hydrogen) atoms. The monoisotopic (exact) mass is 378 g/mol. The first kappa shape index (κ1) is 18.0. The minimum absolute atomic E-state index is 0.0799. The Hall–Kier alpha value is -2.41. The van der Waals surface area contributed by atoms with Crippen LogP contribution in [0.3, 0.4) is 0 Å². The van der Waals surface area contributed by atoms with Crippen molar-refractivity contribution in [3.63, 3.8) is 0 Å². The third-order valence-electron chi connectivity index (χ3n) is 4.92. The summed E-state index contributed by atoms with van der Waals surface area (Å²) < 4.78 is 51.2. The Morgan fingerprint density at radius 1 is 1.30 bits per heavy atom. The van der Waals surface area contributed by atoms with Gasteiger partial charge < -0.3 is 19.4 Å². The first-order valence-corrected chi connectivity index (χ1v) is 8.96. The average Bonchev–Trinajstić information content (AvgIpc) is 3.27. The number of rotatable bonds is 4. The Bertz CT molecular complexity index is 892. The van der Waals surface area contributed by atoms with Crippen LogP contribution < -0.4 is 10.1 Å². The molecule has 4 rings (SSSR count). The van der Waals surface area contributed by atoms with Gasteiger partial charge in [-0.15, -0.1) is 0 Å². The number of nitrogens with one attached hydrogen (secondary N) is 1. The third-order valence-corrected chi connectivity index (χ3v) is 4.92. The second kappa shape index (κ2) is 6.96. The molecule has 1 aromatic heterocycles. The Labute approximate surface area is 155 Å². The minimum atomic E-state index is -4.37. The molecule has 0 bridgehead atoms. The number of alkyl halides is 3. The Kier molecular flexibility index (Phi) is 4.63. The molecule has 2 aromatic rings. The molecule has 1 aromatic carbocycles. The van der Waals surface area contributed by atoms with Crippen molar-refractivity contribution in [1.82, 2.24) is 10.2 Å². The highest BCUT2D eigenvalue weighted by atomic mass is 19.4. The lowest BCUT2D eigenvalue weighted by atomic mass is 10.1. The molecule has 0 spiro atoms. The van der Waals surface area contributed by atoms with Gasteiger partial charge in [0.1, 0.15) is 23.7 Å². The summed E-state index contributed by atoms with van der Waals surface area (Å²) >= 11 is 0. The van der Waals surface area contributed by atoms with E-state index in [9.17, 15) is 13.2 Å². The van der Waals surface area contributed by atoms with Crippen molar-refractivity contribution >= 4 is 11.0 Å². The van der Waals surface area contributed by atoms with Crippen LogP contribution in [0.15, 0.2) is 52.1 Å². The molecule has 1 fully saturated rings. The number of hydrogen-bond donors (Lipinski definition) is 1. The molecule has 2 aliphatic heterocycles. The average molecular weight is 378 g/mol. The highest BCUT2D eigenvalue weighted by molar-refractivity contribution is 5.79. The lowest BCUT2D eigenvalue weighted by Gasteiger charge is -2.32. The summed E-state index contributed by atoms with van der Waals surface area (Å²) in [5, 5.41) is 4.12. The van der Waals surface area contributed by atoms with Crippen molar-refractivity contribution in [2.75, 3.05) is 26.2 Å². The SMILES string of the molecule is Cc1cc2cc(OCC3=CC(C(F)(F)F)=CN([C@H]4CCNC4)C3)ccc2o1. The lowest BCUT2D eigenvalue weighted by Crippen LogP contribution is -2.38. The number of aryl methyl sites for hydroxylation is 1. The van der Waals surface area contributed by atoms with Gasteiger partial charge in [-0.05, 0) is 55.8 Å². The fourth-order valence-corrected chi connectivity index (χ4v) is 3.58. The van der Waals surface area contributed by atoms with Gasteiger partial charge >= 0.3 is 6.18 Å². The van der Waals surface area contributed by atoms with E-state index < -0.39 is 11.7 Å². The zero-order valence-corrected chi connectivity index (χ0v) is 15.0. The number of halogens is 3. The molecule has 0 radical (unpaired) electrons. The van der Waals surface area contributed by atoms with Crippen molar-refractivity contribution in [3.8, 4) is 5.75 Å². The number of benzene rings is 1. The maximum absolute atomic E-state index is 13.3. The van der Waals surface area contributed by atoms with Crippen LogP contribution in [0.4, 0.5) is 13.2 Å². The second-order valence-corrected chi connectivity index (χ2v) is 7.05. The molecule has 1 N–H and O–H groups in total. The summed E-state index contributed by atoms with van der Waals surface area (Å²) in [7, 11) is 0. The molecule has 3 heterocycles. The van der Waals surface area contributed by atoms with E-state index in [0.29, 0.717) is 24.4 Å². The zero-order chi connectivity index (χ0) is 19.0. The van der Waals surface area contributed by atoms with Gasteiger partial charge in [-0.25, -0.2) is 0 Å². The molecule has 1 atom stereocenters. The van der Waals surface area contributed by atoms with Crippen LogP contribution in [0.25, 0.3) is 11.0 Å². The van der Waals surface area contributed by atoms with E-state index in [1.165, 1.54) is 12.3 Å². The number of fused-ring (bicyclic) bond motifs is 1. The van der Waals surface area contributed by atoms with Gasteiger partial charge in [-0.2, -0.15) is 13.2 Å². The van der Waals surface area contributed by atoms with Crippen molar-refractivity contribution < 1.29 is 22.3 Å². The molecule has 0 saturated carbocycles. The summed E-state index contributed by atoms with van der Waals surface area (Å²) in [5.41, 5.74) is 0.749. The molecular weight excluding hydrogens is 357 g/mol. The van der Waals surface area contributed by atoms with Gasteiger partial charge in [0.25, 0.3) is 0 Å². The van der Waals surface area contributed by atoms with E-state index in [0.717, 1.165) is 29.7 Å². The summed E-state index contributed by atoms with van der Waals surface area (Å²) in [6, 6.07) is 7.41. The predicted molar refractivity (Wildman–Crippen MR) is 96.6 cm³/mol. The quantitative estimate of drug-likeness (QED) is 0.867. The number of ether oxygens (including phenoxy) is 1. The van der Waals surface area contributed by atoms with E-state index in [-0.39, 0.29) is 12.6 Å². The minimum Gasteiger partial charge on any atom is -0.489 e. The number of hydrogen-bond acceptors (Lipinski definition) is 4. The van der Waals surface area contributed by atoms with Gasteiger partial charge in [0.2, 0.25) is 0 Å². The molecule has 1 saturated heterocycles. The molecule has 144 valence electrons. The fourth-order valence-electron chi connectivity index (χ4n) is 3.58. The molecule has 0 aliphatic carbocycles. The van der Waals surface area contributed by atoms with E-state index in [2.05, 4.69) is 5.32 Å². The highest BCUT2D eigenvalue weighted by Crippen LogP contribution is 2.32. The van der Waals surface area contributed by atoms with E-state index >= 15 is 0 Å². The van der Waals surface area contributed by atoms with Crippen LogP contribution in [0.5, 0.6) is 5.75 Å². The Morgan fingerprint density at radius 3 is 2.89 bits per heavy atom. The maximum atomic E-state index is 13.3. The van der Waals surface area contributed by atoms with Crippen LogP contribution in [0, 0.1) is 6.92 Å². The highest BCUT2D eigenvalue weighted by Gasteiger charge is 2.36. The normalized spacial score (nSPS) is 20.7. The second-order valence-electron chi connectivity index (χ2n) is 7.05. The molecule has 2 aliphatic rings. The molecular formula is C20H21F3N2O2. The van der Waals surface area contributed by atoms with Crippen LogP contribution in [0.2, 0.25) is 0 Å². The Balaban J connectivity index is 1.50. The van der Waals surface area contributed by atoms with Crippen LogP contribution in [0.1, 0.15) is 12.2 Å². The van der Waals surface area contributed by atoms with Gasteiger partial charge in [0.15, 0.2) is 0 Å². The van der Waals surface area contributed by atoms with Crippen molar-refractivity contribution in [3.05, 3.63) is 53.4 Å². The summed E-state index contributed by atoms with van der Waals surface area (Å²) in [5.74, 6) is 1.42. The first-order valence-electron chi connectivity index (χ1n) is 8.96. The zero-order valence-electron chi connectivity index (χ0n) is 15.0. The van der Waals surface area contributed by atoms with Crippen LogP contribution in [-0.2, 0) is 0 Å². The van der Waals surface area contributed by atoms with Crippen LogP contribution in [-0.4, -0.2) is 43.4 Å². The van der Waals surface area contributed by atoms with Crippen molar-refractivity contribution in [2.45, 2.75) is 25.6 Å².